The van der Waals surface area contributed by atoms with E-state index in [9.17, 15) is 9.59 Å². The van der Waals surface area contributed by atoms with Gasteiger partial charge in [0.25, 0.3) is 0 Å². The highest BCUT2D eigenvalue weighted by molar-refractivity contribution is 5.88. The minimum atomic E-state index is -0.550. The van der Waals surface area contributed by atoms with Gasteiger partial charge in [0.2, 0.25) is 0 Å². The molecule has 0 fully saturated rings. The summed E-state index contributed by atoms with van der Waals surface area (Å²) in [5, 5.41) is 2.76. The van der Waals surface area contributed by atoms with E-state index in [2.05, 4.69) is 5.32 Å². The number of carbonyl (C=O) groups is 2. The number of alkyl carbamates (subject to hydrolysis) is 1. The first-order valence-electron chi connectivity index (χ1n) is 6.92. The van der Waals surface area contributed by atoms with E-state index < -0.39 is 11.7 Å². The molecule has 0 bridgehead atoms. The molecule has 0 spiro atoms. The van der Waals surface area contributed by atoms with Crippen LogP contribution in [0.5, 0.6) is 0 Å². The van der Waals surface area contributed by atoms with Crippen molar-refractivity contribution in [2.24, 2.45) is 5.92 Å². The largest absolute Gasteiger partial charge is 0.463 e. The zero-order chi connectivity index (χ0) is 15.9. The Morgan fingerprint density at radius 3 is 2.20 bits per heavy atom. The second-order valence-corrected chi connectivity index (χ2v) is 5.99. The molecule has 0 saturated carbocycles. The molecule has 5 nitrogen and oxygen atoms in total. The molecule has 0 unspecified atom stereocenters. The molecule has 1 N–H and O–H groups in total. The van der Waals surface area contributed by atoms with E-state index in [1.165, 1.54) is 0 Å². The number of rotatable bonds is 5. The van der Waals surface area contributed by atoms with Gasteiger partial charge in [-0.15, -0.1) is 0 Å². The second kappa shape index (κ2) is 7.92. The van der Waals surface area contributed by atoms with Gasteiger partial charge in [-0.2, -0.15) is 0 Å². The molecule has 116 valence electrons. The Bertz CT molecular complexity index is 367. The van der Waals surface area contributed by atoms with Crippen molar-refractivity contribution >= 4 is 12.1 Å². The van der Waals surface area contributed by atoms with Gasteiger partial charge in [-0.25, -0.2) is 9.59 Å². The minimum Gasteiger partial charge on any atom is -0.463 e. The summed E-state index contributed by atoms with van der Waals surface area (Å²) in [5.41, 5.74) is -0.0764. The number of amides is 1. The maximum absolute atomic E-state index is 11.8. The number of esters is 1. The van der Waals surface area contributed by atoms with Gasteiger partial charge in [-0.1, -0.05) is 19.9 Å². The van der Waals surface area contributed by atoms with Crippen LogP contribution in [-0.2, 0) is 14.3 Å². The third-order valence-electron chi connectivity index (χ3n) is 2.43. The molecule has 0 aliphatic heterocycles. The van der Waals surface area contributed by atoms with Crippen LogP contribution in [-0.4, -0.2) is 30.3 Å². The van der Waals surface area contributed by atoms with Crippen molar-refractivity contribution < 1.29 is 19.1 Å². The van der Waals surface area contributed by atoms with Crippen LogP contribution in [0.4, 0.5) is 4.79 Å². The van der Waals surface area contributed by atoms with E-state index in [0.29, 0.717) is 12.2 Å². The molecule has 0 aromatic carbocycles. The Labute approximate surface area is 121 Å². The lowest BCUT2D eigenvalue weighted by atomic mass is 10.0. The molecule has 20 heavy (non-hydrogen) atoms. The monoisotopic (exact) mass is 285 g/mol. The Balaban J connectivity index is 4.78. The molecule has 0 saturated heterocycles. The quantitative estimate of drug-likeness (QED) is 0.623. The van der Waals surface area contributed by atoms with Gasteiger partial charge < -0.3 is 14.8 Å². The lowest BCUT2D eigenvalue weighted by Crippen LogP contribution is -2.41. The van der Waals surface area contributed by atoms with Crippen molar-refractivity contribution in [2.45, 2.75) is 60.1 Å². The number of hydrogen-bond acceptors (Lipinski definition) is 4. The highest BCUT2D eigenvalue weighted by Gasteiger charge is 2.21. The highest BCUT2D eigenvalue weighted by atomic mass is 16.6. The minimum absolute atomic E-state index is 0.131. The number of hydrogen-bond donors (Lipinski definition) is 1. The fourth-order valence-electron chi connectivity index (χ4n) is 1.43. The molecular weight excluding hydrogens is 258 g/mol. The Hall–Kier alpha value is -1.52. The highest BCUT2D eigenvalue weighted by Crippen LogP contribution is 2.11. The zero-order valence-corrected chi connectivity index (χ0v) is 13.6. The molecule has 0 rings (SSSR count). The lowest BCUT2D eigenvalue weighted by Gasteiger charge is -2.24. The van der Waals surface area contributed by atoms with E-state index in [-0.39, 0.29) is 17.9 Å². The van der Waals surface area contributed by atoms with Gasteiger partial charge in [0.1, 0.15) is 5.60 Å². The molecule has 0 radical (unpaired) electrons. The van der Waals surface area contributed by atoms with Gasteiger partial charge in [-0.3, -0.25) is 0 Å². The van der Waals surface area contributed by atoms with Crippen LogP contribution >= 0.6 is 0 Å². The SMILES string of the molecule is CCOC(=O)/C(C)=C/[C@@H](NC(=O)OC(C)(C)C)C(C)C. The van der Waals surface area contributed by atoms with E-state index in [0.717, 1.165) is 0 Å². The van der Waals surface area contributed by atoms with Gasteiger partial charge in [0, 0.05) is 5.57 Å². The van der Waals surface area contributed by atoms with E-state index in [1.807, 2.05) is 13.8 Å². The fraction of sp³-hybridized carbons (Fsp3) is 0.733. The summed E-state index contributed by atoms with van der Waals surface area (Å²) in [6, 6.07) is -0.283. The predicted molar refractivity (Wildman–Crippen MR) is 78.4 cm³/mol. The Kier molecular flexibility index (Phi) is 7.32. The molecule has 0 aliphatic rings. The smallest absolute Gasteiger partial charge is 0.408 e. The van der Waals surface area contributed by atoms with Crippen molar-refractivity contribution in [3.63, 3.8) is 0 Å². The summed E-state index contributed by atoms with van der Waals surface area (Å²) in [4.78, 5) is 23.4. The molecule has 1 atom stereocenters. The summed E-state index contributed by atoms with van der Waals surface area (Å²) < 4.78 is 10.1. The van der Waals surface area contributed by atoms with Gasteiger partial charge in [0.15, 0.2) is 0 Å². The standard InChI is InChI=1S/C15H27NO4/c1-8-19-13(17)11(4)9-12(10(2)3)16-14(18)20-15(5,6)7/h9-10,12H,8H2,1-7H3,(H,16,18)/b11-9+/t12-/m1/s1. The molecule has 5 heteroatoms. The predicted octanol–water partition coefficient (Wildman–Crippen LogP) is 3.05. The van der Waals surface area contributed by atoms with Crippen LogP contribution in [0.1, 0.15) is 48.5 Å². The van der Waals surface area contributed by atoms with Crippen LogP contribution in [0, 0.1) is 5.92 Å². The second-order valence-electron chi connectivity index (χ2n) is 5.99. The summed E-state index contributed by atoms with van der Waals surface area (Å²) in [6.07, 6.45) is 1.20. The average Bonchev–Trinajstić information content (AvgIpc) is 2.25. The van der Waals surface area contributed by atoms with Gasteiger partial charge >= 0.3 is 12.1 Å². The molecule has 0 aromatic heterocycles. The summed E-state index contributed by atoms with van der Waals surface area (Å²) >= 11 is 0. The summed E-state index contributed by atoms with van der Waals surface area (Å²) in [7, 11) is 0. The van der Waals surface area contributed by atoms with Gasteiger partial charge in [0.05, 0.1) is 12.6 Å². The van der Waals surface area contributed by atoms with Crippen molar-refractivity contribution in [1.29, 1.82) is 0 Å². The first-order valence-corrected chi connectivity index (χ1v) is 6.92. The molecule has 0 aromatic rings. The first kappa shape index (κ1) is 18.5. The lowest BCUT2D eigenvalue weighted by molar-refractivity contribution is -0.138. The maximum atomic E-state index is 11.8. The van der Waals surface area contributed by atoms with Crippen LogP contribution in [0.3, 0.4) is 0 Å². The molecule has 1 amide bonds. The van der Waals surface area contributed by atoms with Crippen molar-refractivity contribution in [1.82, 2.24) is 5.32 Å². The topological polar surface area (TPSA) is 64.6 Å². The number of ether oxygens (including phenoxy) is 2. The van der Waals surface area contributed by atoms with Crippen LogP contribution < -0.4 is 5.32 Å². The van der Waals surface area contributed by atoms with Crippen molar-refractivity contribution in [3.8, 4) is 0 Å². The van der Waals surface area contributed by atoms with Crippen LogP contribution in [0.2, 0.25) is 0 Å². The van der Waals surface area contributed by atoms with Crippen LogP contribution in [0.25, 0.3) is 0 Å². The summed E-state index contributed by atoms with van der Waals surface area (Å²) in [5.74, 6) is -0.240. The third-order valence-corrected chi connectivity index (χ3v) is 2.43. The number of nitrogens with one attached hydrogen (secondary N) is 1. The Morgan fingerprint density at radius 1 is 1.25 bits per heavy atom. The average molecular weight is 285 g/mol. The zero-order valence-electron chi connectivity index (χ0n) is 13.6. The van der Waals surface area contributed by atoms with E-state index >= 15 is 0 Å². The van der Waals surface area contributed by atoms with E-state index in [4.69, 9.17) is 9.47 Å². The Morgan fingerprint density at radius 2 is 1.80 bits per heavy atom. The van der Waals surface area contributed by atoms with E-state index in [1.54, 1.807) is 40.7 Å². The van der Waals surface area contributed by atoms with Crippen LogP contribution in [0.15, 0.2) is 11.6 Å². The normalized spacial score (nSPS) is 13.9. The summed E-state index contributed by atoms with van der Waals surface area (Å²) in [6.45, 7) is 13.1. The fourth-order valence-corrected chi connectivity index (χ4v) is 1.43. The van der Waals surface area contributed by atoms with Crippen molar-refractivity contribution in [3.05, 3.63) is 11.6 Å². The first-order chi connectivity index (χ1) is 9.06. The molecular formula is C15H27NO4. The molecule has 0 aliphatic carbocycles. The third kappa shape index (κ3) is 7.81. The van der Waals surface area contributed by atoms with Crippen molar-refractivity contribution in [2.75, 3.05) is 6.61 Å². The number of carbonyl (C=O) groups excluding carboxylic acids is 2. The molecule has 0 heterocycles. The maximum Gasteiger partial charge on any atom is 0.408 e. The van der Waals surface area contributed by atoms with Gasteiger partial charge in [-0.05, 0) is 40.5 Å².